The third-order valence-electron chi connectivity index (χ3n) is 2.78. The Morgan fingerprint density at radius 2 is 2.00 bits per heavy atom. The summed E-state index contributed by atoms with van der Waals surface area (Å²) in [5, 5.41) is 8.51. The summed E-state index contributed by atoms with van der Waals surface area (Å²) in [6.45, 7) is 3.96. The van der Waals surface area contributed by atoms with Crippen LogP contribution in [0.5, 0.6) is 0 Å². The molecule has 0 unspecified atom stereocenters. The standard InChI is InChI=1S/C16H17N3O3S/c1-11(2)10-17-18-16-19(12-7-5-4-6-8-12)15(21)13(23-16)9-14(20)22-3/h4-11H,1-3H3/b13-9-,17-10+,18-16-. The number of methoxy groups -OCH3 is 1. The van der Waals surface area contributed by atoms with Gasteiger partial charge in [0.25, 0.3) is 5.91 Å². The second-order valence-electron chi connectivity index (χ2n) is 5.00. The Labute approximate surface area is 138 Å². The molecule has 1 aromatic carbocycles. The molecule has 7 heteroatoms. The van der Waals surface area contributed by atoms with E-state index in [1.54, 1.807) is 18.3 Å². The van der Waals surface area contributed by atoms with E-state index in [-0.39, 0.29) is 16.7 Å². The minimum absolute atomic E-state index is 0.247. The molecule has 0 saturated carbocycles. The van der Waals surface area contributed by atoms with Gasteiger partial charge in [-0.2, -0.15) is 5.10 Å². The van der Waals surface area contributed by atoms with Gasteiger partial charge in [0.15, 0.2) is 0 Å². The van der Waals surface area contributed by atoms with Crippen molar-refractivity contribution in [2.45, 2.75) is 13.8 Å². The second-order valence-corrected chi connectivity index (χ2v) is 6.01. The zero-order chi connectivity index (χ0) is 16.8. The van der Waals surface area contributed by atoms with Crippen LogP contribution in [-0.2, 0) is 14.3 Å². The fraction of sp³-hybridized carbons (Fsp3) is 0.250. The number of amides is 1. The molecular formula is C16H17N3O3S. The maximum absolute atomic E-state index is 12.6. The molecular weight excluding hydrogens is 314 g/mol. The van der Waals surface area contributed by atoms with Crippen molar-refractivity contribution < 1.29 is 14.3 Å². The highest BCUT2D eigenvalue weighted by Gasteiger charge is 2.35. The van der Waals surface area contributed by atoms with Gasteiger partial charge in [-0.05, 0) is 29.8 Å². The number of rotatable bonds is 4. The molecule has 1 saturated heterocycles. The van der Waals surface area contributed by atoms with E-state index in [2.05, 4.69) is 14.9 Å². The lowest BCUT2D eigenvalue weighted by atomic mass is 10.3. The van der Waals surface area contributed by atoms with Gasteiger partial charge in [-0.25, -0.2) is 4.79 Å². The first-order chi connectivity index (χ1) is 11.0. The molecule has 1 fully saturated rings. The lowest BCUT2D eigenvalue weighted by molar-refractivity contribution is -0.135. The van der Waals surface area contributed by atoms with Crippen LogP contribution in [0.3, 0.4) is 0 Å². The van der Waals surface area contributed by atoms with Crippen LogP contribution in [0, 0.1) is 5.92 Å². The van der Waals surface area contributed by atoms with Crippen molar-refractivity contribution in [1.82, 2.24) is 0 Å². The molecule has 0 aromatic heterocycles. The number of hydrogen-bond acceptors (Lipinski definition) is 6. The summed E-state index contributed by atoms with van der Waals surface area (Å²) in [6.07, 6.45) is 2.85. The first-order valence-electron chi connectivity index (χ1n) is 7.01. The van der Waals surface area contributed by atoms with Crippen LogP contribution in [0.25, 0.3) is 0 Å². The highest BCUT2D eigenvalue weighted by Crippen LogP contribution is 2.34. The molecule has 0 atom stereocenters. The summed E-state index contributed by atoms with van der Waals surface area (Å²) < 4.78 is 4.58. The number of hydrogen-bond donors (Lipinski definition) is 0. The topological polar surface area (TPSA) is 71.3 Å². The number of esters is 1. The van der Waals surface area contributed by atoms with Crippen LogP contribution in [0.15, 0.2) is 51.5 Å². The number of carbonyl (C=O) groups excluding carboxylic acids is 2. The zero-order valence-electron chi connectivity index (χ0n) is 13.1. The van der Waals surface area contributed by atoms with Crippen LogP contribution < -0.4 is 4.90 Å². The predicted molar refractivity (Wildman–Crippen MR) is 92.4 cm³/mol. The Bertz CT molecular complexity index is 681. The molecule has 0 spiro atoms. The van der Waals surface area contributed by atoms with Crippen molar-refractivity contribution in [2.24, 2.45) is 16.1 Å². The fourth-order valence-corrected chi connectivity index (χ4v) is 2.63. The Morgan fingerprint density at radius 3 is 2.61 bits per heavy atom. The minimum atomic E-state index is -0.583. The summed E-state index contributed by atoms with van der Waals surface area (Å²) in [5.41, 5.74) is 0.664. The van der Waals surface area contributed by atoms with Gasteiger partial charge in [0.05, 0.1) is 17.7 Å². The van der Waals surface area contributed by atoms with E-state index in [4.69, 9.17) is 0 Å². The number of ether oxygens (including phenoxy) is 1. The summed E-state index contributed by atoms with van der Waals surface area (Å²) in [6, 6.07) is 9.09. The van der Waals surface area contributed by atoms with E-state index < -0.39 is 5.97 Å². The maximum Gasteiger partial charge on any atom is 0.331 e. The molecule has 1 aromatic rings. The maximum atomic E-state index is 12.6. The van der Waals surface area contributed by atoms with Crippen LogP contribution in [0.4, 0.5) is 5.69 Å². The highest BCUT2D eigenvalue weighted by molar-refractivity contribution is 8.19. The Morgan fingerprint density at radius 1 is 1.30 bits per heavy atom. The van der Waals surface area contributed by atoms with Crippen LogP contribution in [0.2, 0.25) is 0 Å². The van der Waals surface area contributed by atoms with Crippen molar-refractivity contribution in [3.63, 3.8) is 0 Å². The molecule has 1 aliphatic rings. The Hall–Kier alpha value is -2.41. The van der Waals surface area contributed by atoms with Crippen molar-refractivity contribution in [3.05, 3.63) is 41.3 Å². The normalized spacial score (nSPS) is 18.6. The van der Waals surface area contributed by atoms with E-state index in [1.807, 2.05) is 32.0 Å². The number of para-hydroxylation sites is 1. The van der Waals surface area contributed by atoms with Gasteiger partial charge in [-0.3, -0.25) is 9.69 Å². The first kappa shape index (κ1) is 17.0. The Kier molecular flexibility index (Phi) is 5.70. The molecule has 1 aliphatic heterocycles. The summed E-state index contributed by atoms with van der Waals surface area (Å²) in [7, 11) is 1.26. The molecule has 23 heavy (non-hydrogen) atoms. The van der Waals surface area contributed by atoms with E-state index >= 15 is 0 Å². The van der Waals surface area contributed by atoms with E-state index in [1.165, 1.54) is 12.0 Å². The number of carbonyl (C=O) groups is 2. The third-order valence-corrected chi connectivity index (χ3v) is 3.74. The molecule has 0 N–H and O–H groups in total. The summed E-state index contributed by atoms with van der Waals surface area (Å²) in [4.78, 5) is 25.7. The average molecular weight is 331 g/mol. The molecule has 120 valence electrons. The van der Waals surface area contributed by atoms with Crippen molar-refractivity contribution in [2.75, 3.05) is 12.0 Å². The van der Waals surface area contributed by atoms with E-state index in [0.29, 0.717) is 10.9 Å². The van der Waals surface area contributed by atoms with Gasteiger partial charge in [0.2, 0.25) is 5.17 Å². The van der Waals surface area contributed by atoms with Crippen LogP contribution in [0.1, 0.15) is 13.8 Å². The molecule has 0 bridgehead atoms. The van der Waals surface area contributed by atoms with Crippen molar-refractivity contribution in [1.29, 1.82) is 0 Å². The third kappa shape index (κ3) is 4.29. The van der Waals surface area contributed by atoms with E-state index in [9.17, 15) is 9.59 Å². The Balaban J connectivity index is 2.39. The summed E-state index contributed by atoms with van der Waals surface area (Å²) >= 11 is 1.09. The quantitative estimate of drug-likeness (QED) is 0.368. The SMILES string of the molecule is COC(=O)/C=C1\S/C(=N\N=C\C(C)C)N(c2ccccc2)C1=O. The van der Waals surface area contributed by atoms with Gasteiger partial charge in [0, 0.05) is 12.3 Å². The monoisotopic (exact) mass is 331 g/mol. The number of anilines is 1. The smallest absolute Gasteiger partial charge is 0.331 e. The van der Waals surface area contributed by atoms with Crippen LogP contribution in [-0.4, -0.2) is 30.4 Å². The first-order valence-corrected chi connectivity index (χ1v) is 7.82. The number of nitrogens with zero attached hydrogens (tertiary/aromatic N) is 3. The lowest BCUT2D eigenvalue weighted by Crippen LogP contribution is -2.28. The van der Waals surface area contributed by atoms with E-state index in [0.717, 1.165) is 17.8 Å². The van der Waals surface area contributed by atoms with Gasteiger partial charge < -0.3 is 4.74 Å². The van der Waals surface area contributed by atoms with Gasteiger partial charge in [-0.1, -0.05) is 32.0 Å². The van der Waals surface area contributed by atoms with Crippen molar-refractivity contribution in [3.8, 4) is 0 Å². The van der Waals surface area contributed by atoms with Gasteiger partial charge in [-0.15, -0.1) is 5.10 Å². The zero-order valence-corrected chi connectivity index (χ0v) is 13.9. The van der Waals surface area contributed by atoms with Gasteiger partial charge >= 0.3 is 5.97 Å². The minimum Gasteiger partial charge on any atom is -0.466 e. The largest absolute Gasteiger partial charge is 0.466 e. The molecule has 1 heterocycles. The number of benzene rings is 1. The molecule has 2 rings (SSSR count). The predicted octanol–water partition coefficient (Wildman–Crippen LogP) is 2.82. The summed E-state index contributed by atoms with van der Waals surface area (Å²) in [5.74, 6) is -0.664. The average Bonchev–Trinajstić information content (AvgIpc) is 2.83. The van der Waals surface area contributed by atoms with Crippen molar-refractivity contribution >= 4 is 40.7 Å². The van der Waals surface area contributed by atoms with Crippen LogP contribution >= 0.6 is 11.8 Å². The molecule has 0 radical (unpaired) electrons. The highest BCUT2D eigenvalue weighted by atomic mass is 32.2. The lowest BCUT2D eigenvalue weighted by Gasteiger charge is -2.14. The van der Waals surface area contributed by atoms with Gasteiger partial charge in [0.1, 0.15) is 0 Å². The number of thioether (sulfide) groups is 1. The molecule has 0 aliphatic carbocycles. The number of amidine groups is 1. The molecule has 1 amide bonds. The molecule has 6 nitrogen and oxygen atoms in total. The fourth-order valence-electron chi connectivity index (χ4n) is 1.73. The second kappa shape index (κ2) is 7.73.